The molecule has 1 aliphatic heterocycles. The van der Waals surface area contributed by atoms with Gasteiger partial charge < -0.3 is 19.6 Å². The predicted octanol–water partition coefficient (Wildman–Crippen LogP) is 5.40. The maximum atomic E-state index is 13.6. The Balaban J connectivity index is 1.27. The first-order valence-electron chi connectivity index (χ1n) is 11.7. The number of urea groups is 1. The lowest BCUT2D eigenvalue weighted by Gasteiger charge is -2.45. The van der Waals surface area contributed by atoms with Crippen LogP contribution in [0.3, 0.4) is 0 Å². The number of aromatic nitrogens is 2. The number of hydrogen-bond acceptors (Lipinski definition) is 8. The van der Waals surface area contributed by atoms with E-state index < -0.39 is 23.7 Å². The van der Waals surface area contributed by atoms with Crippen molar-refractivity contribution in [1.82, 2.24) is 20.8 Å². The van der Waals surface area contributed by atoms with Gasteiger partial charge in [0, 0.05) is 22.0 Å². The molecule has 1 fully saturated rings. The van der Waals surface area contributed by atoms with Crippen LogP contribution in [0.2, 0.25) is 0 Å². The lowest BCUT2D eigenvalue weighted by atomic mass is 9.63. The third-order valence-corrected chi connectivity index (χ3v) is 7.68. The minimum Gasteiger partial charge on any atom is -0.493 e. The zero-order valence-corrected chi connectivity index (χ0v) is 21.2. The Bertz CT molecular complexity index is 1400. The average Bonchev–Trinajstić information content (AvgIpc) is 3.29. The lowest BCUT2D eigenvalue weighted by Crippen LogP contribution is -2.55. The molecule has 3 N–H and O–H groups in total. The summed E-state index contributed by atoms with van der Waals surface area (Å²) in [5.41, 5.74) is 1.68. The number of ether oxygens (including phenoxy) is 2. The molecule has 0 radical (unpaired) electrons. The van der Waals surface area contributed by atoms with Gasteiger partial charge in [-0.2, -0.15) is 13.2 Å². The van der Waals surface area contributed by atoms with E-state index in [9.17, 15) is 18.0 Å². The summed E-state index contributed by atoms with van der Waals surface area (Å²) in [6.45, 7) is 0. The van der Waals surface area contributed by atoms with Crippen LogP contribution in [-0.4, -0.2) is 42.4 Å². The van der Waals surface area contributed by atoms with Crippen molar-refractivity contribution >= 4 is 34.4 Å². The van der Waals surface area contributed by atoms with Crippen LogP contribution in [0.25, 0.3) is 10.9 Å². The largest absolute Gasteiger partial charge is 0.493 e. The number of anilines is 1. The molecule has 1 aliphatic carbocycles. The van der Waals surface area contributed by atoms with Gasteiger partial charge in [0.25, 0.3) is 0 Å². The topological polar surface area (TPSA) is 107 Å². The summed E-state index contributed by atoms with van der Waals surface area (Å²) in [5, 5.41) is 6.57. The van der Waals surface area contributed by atoms with Crippen LogP contribution >= 0.6 is 11.8 Å². The van der Waals surface area contributed by atoms with Crippen molar-refractivity contribution in [2.45, 2.75) is 41.4 Å². The van der Waals surface area contributed by atoms with Crippen molar-refractivity contribution in [2.24, 2.45) is 5.41 Å². The molecule has 13 heteroatoms. The number of fused-ring (bicyclic) bond motifs is 1. The number of rotatable bonds is 7. The van der Waals surface area contributed by atoms with Crippen molar-refractivity contribution in [1.29, 1.82) is 0 Å². The van der Waals surface area contributed by atoms with Gasteiger partial charge in [0.15, 0.2) is 11.5 Å². The summed E-state index contributed by atoms with van der Waals surface area (Å²) in [7, 11) is 3.10. The first kappa shape index (κ1) is 25.9. The highest BCUT2D eigenvalue weighted by atomic mass is 32.2. The fourth-order valence-corrected chi connectivity index (χ4v) is 5.41. The number of amides is 2. The Morgan fingerprint density at radius 3 is 2.58 bits per heavy atom. The van der Waals surface area contributed by atoms with Crippen LogP contribution in [0.15, 0.2) is 64.6 Å². The molecule has 5 rings (SSSR count). The number of carbonyl (C=O) groups excluding carboxylic acids is 1. The van der Waals surface area contributed by atoms with E-state index in [1.54, 1.807) is 44.6 Å². The lowest BCUT2D eigenvalue weighted by molar-refractivity contribution is -0.261. The van der Waals surface area contributed by atoms with Crippen LogP contribution in [0.4, 0.5) is 23.7 Å². The molecule has 0 saturated heterocycles. The SMILES string of the molecule is COc1cc2ncnc(Sc3cccc(NC(=O)NC4=CC(C5(C(F)(F)F)CCC5)NO4)c3)c2cc1OC. The van der Waals surface area contributed by atoms with Crippen LogP contribution in [0.1, 0.15) is 19.3 Å². The highest BCUT2D eigenvalue weighted by molar-refractivity contribution is 7.99. The van der Waals surface area contributed by atoms with Gasteiger partial charge >= 0.3 is 12.2 Å². The summed E-state index contributed by atoms with van der Waals surface area (Å²) in [4.78, 5) is 27.1. The Morgan fingerprint density at radius 1 is 1.13 bits per heavy atom. The number of nitrogens with zero attached hydrogens (tertiary/aromatic N) is 2. The number of carbonyl (C=O) groups is 1. The van der Waals surface area contributed by atoms with Crippen molar-refractivity contribution in [3.63, 3.8) is 0 Å². The number of halogens is 3. The van der Waals surface area contributed by atoms with Crippen molar-refractivity contribution in [3.05, 3.63) is 54.7 Å². The molecular formula is C25H24F3N5O4S. The second kappa shape index (κ2) is 10.2. The van der Waals surface area contributed by atoms with E-state index in [0.717, 1.165) is 10.3 Å². The van der Waals surface area contributed by atoms with Crippen molar-refractivity contribution < 1.29 is 32.3 Å². The molecule has 1 aromatic heterocycles. The normalized spacial score (nSPS) is 18.2. The Kier molecular flexibility index (Phi) is 6.97. The molecule has 2 heterocycles. The molecule has 200 valence electrons. The molecule has 3 aromatic rings. The number of alkyl halides is 3. The van der Waals surface area contributed by atoms with Gasteiger partial charge in [0.2, 0.25) is 5.88 Å². The van der Waals surface area contributed by atoms with E-state index in [1.807, 2.05) is 6.07 Å². The number of methoxy groups -OCH3 is 2. The number of hydroxylamine groups is 1. The van der Waals surface area contributed by atoms with E-state index >= 15 is 0 Å². The van der Waals surface area contributed by atoms with Gasteiger partial charge in [-0.3, -0.25) is 5.32 Å². The maximum absolute atomic E-state index is 13.6. The van der Waals surface area contributed by atoms with E-state index in [0.29, 0.717) is 34.1 Å². The summed E-state index contributed by atoms with van der Waals surface area (Å²) in [6.07, 6.45) is -1.13. The average molecular weight is 548 g/mol. The second-order valence-electron chi connectivity index (χ2n) is 8.85. The molecule has 38 heavy (non-hydrogen) atoms. The fourth-order valence-electron chi connectivity index (χ4n) is 4.48. The van der Waals surface area contributed by atoms with Gasteiger partial charge in [0.1, 0.15) is 11.4 Å². The Hall–Kier alpha value is -3.71. The van der Waals surface area contributed by atoms with Crippen LogP contribution in [0.5, 0.6) is 11.5 Å². The monoisotopic (exact) mass is 547 g/mol. The zero-order valence-electron chi connectivity index (χ0n) is 20.4. The smallest absolute Gasteiger partial charge is 0.396 e. The standard InChI is InChI=1S/C25H24F3N5O4S/c1-35-18-10-16-17(11-19(18)36-2)29-13-30-22(16)38-15-6-3-5-14(9-15)31-23(34)32-21-12-20(33-37-21)24(7-4-8-24)25(26,27)28/h3,5-6,9-13,20,33H,4,7-8H2,1-2H3,(H2,31,32,34). The van der Waals surface area contributed by atoms with E-state index in [2.05, 4.69) is 26.1 Å². The van der Waals surface area contributed by atoms with Crippen LogP contribution < -0.4 is 25.6 Å². The van der Waals surface area contributed by atoms with Crippen molar-refractivity contribution in [3.8, 4) is 11.5 Å². The zero-order chi connectivity index (χ0) is 26.9. The summed E-state index contributed by atoms with van der Waals surface area (Å²) >= 11 is 1.37. The Labute approximate surface area is 220 Å². The molecule has 2 aliphatic rings. The molecule has 2 amide bonds. The second-order valence-corrected chi connectivity index (χ2v) is 9.91. The predicted molar refractivity (Wildman–Crippen MR) is 134 cm³/mol. The summed E-state index contributed by atoms with van der Waals surface area (Å²) in [6, 6.07) is 8.90. The first-order chi connectivity index (χ1) is 18.2. The highest BCUT2D eigenvalue weighted by Crippen LogP contribution is 2.56. The van der Waals surface area contributed by atoms with Gasteiger partial charge in [-0.05, 0) is 43.2 Å². The minimum atomic E-state index is -4.37. The van der Waals surface area contributed by atoms with Crippen molar-refractivity contribution in [2.75, 3.05) is 19.5 Å². The number of hydrogen-bond donors (Lipinski definition) is 3. The maximum Gasteiger partial charge on any atom is 0.396 e. The highest BCUT2D eigenvalue weighted by Gasteiger charge is 2.63. The van der Waals surface area contributed by atoms with Crippen LogP contribution in [0, 0.1) is 5.41 Å². The quantitative estimate of drug-likeness (QED) is 0.338. The summed E-state index contributed by atoms with van der Waals surface area (Å²) < 4.78 is 51.5. The third-order valence-electron chi connectivity index (χ3n) is 6.67. The van der Waals surface area contributed by atoms with Gasteiger partial charge in [-0.1, -0.05) is 24.2 Å². The summed E-state index contributed by atoms with van der Waals surface area (Å²) in [5.74, 6) is 1.02. The van der Waals surface area contributed by atoms with Crippen LogP contribution in [-0.2, 0) is 4.84 Å². The first-order valence-corrected chi connectivity index (χ1v) is 12.5. The molecule has 1 unspecified atom stereocenters. The van der Waals surface area contributed by atoms with E-state index in [4.69, 9.17) is 14.3 Å². The third kappa shape index (κ3) is 4.90. The molecule has 1 atom stereocenters. The molecule has 1 saturated carbocycles. The van der Waals surface area contributed by atoms with Gasteiger partial charge in [-0.25, -0.2) is 14.8 Å². The van der Waals surface area contributed by atoms with Gasteiger partial charge in [-0.15, -0.1) is 5.48 Å². The number of benzene rings is 2. The molecular weight excluding hydrogens is 523 g/mol. The molecule has 0 bridgehead atoms. The van der Waals surface area contributed by atoms with E-state index in [-0.39, 0.29) is 18.7 Å². The molecule has 9 nitrogen and oxygen atoms in total. The minimum absolute atomic E-state index is 0.0138. The number of nitrogens with one attached hydrogen (secondary N) is 3. The fraction of sp³-hybridized carbons (Fsp3) is 0.320. The van der Waals surface area contributed by atoms with Gasteiger partial charge in [0.05, 0.1) is 31.2 Å². The Morgan fingerprint density at radius 2 is 1.89 bits per heavy atom. The van der Waals surface area contributed by atoms with E-state index in [1.165, 1.54) is 24.2 Å². The molecule has 0 spiro atoms. The molecule has 2 aromatic carbocycles.